The Balaban J connectivity index is 2.09. The molecule has 4 heteroatoms. The van der Waals surface area contributed by atoms with Crippen LogP contribution in [0.3, 0.4) is 0 Å². The molecule has 0 atom stereocenters. The molecule has 0 N–H and O–H groups in total. The molecule has 0 saturated heterocycles. The average Bonchev–Trinajstić information content (AvgIpc) is 2.67. The monoisotopic (exact) mass is 275 g/mol. The number of carbonyl (C=O) groups excluding carboxylic acids is 1. The lowest BCUT2D eigenvalue weighted by atomic mass is 10.1. The Labute approximate surface area is 117 Å². The van der Waals surface area contributed by atoms with Crippen LogP contribution in [0.2, 0.25) is 0 Å². The molecule has 1 heterocycles. The van der Waals surface area contributed by atoms with Gasteiger partial charge in [0.15, 0.2) is 5.78 Å². The van der Waals surface area contributed by atoms with Crippen molar-refractivity contribution in [1.82, 2.24) is 4.98 Å². The molecule has 0 amide bonds. The molecule has 1 aromatic heterocycles. The van der Waals surface area contributed by atoms with Crippen molar-refractivity contribution < 1.29 is 9.53 Å². The fourth-order valence-electron chi connectivity index (χ4n) is 1.77. The Bertz CT molecular complexity index is 597. The van der Waals surface area contributed by atoms with Crippen LogP contribution in [0.4, 0.5) is 0 Å². The van der Waals surface area contributed by atoms with Crippen molar-refractivity contribution in [3.63, 3.8) is 0 Å². The Morgan fingerprint density at radius 1 is 1.32 bits per heavy atom. The maximum atomic E-state index is 11.3. The Morgan fingerprint density at radius 2 is 2.05 bits per heavy atom. The largest absolute Gasteiger partial charge is 0.486 e. The molecule has 19 heavy (non-hydrogen) atoms. The number of rotatable bonds is 4. The molecule has 0 aliphatic rings. The second kappa shape index (κ2) is 5.53. The van der Waals surface area contributed by atoms with Crippen molar-refractivity contribution in [2.24, 2.45) is 0 Å². The first-order valence-corrected chi connectivity index (χ1v) is 6.96. The van der Waals surface area contributed by atoms with Crippen molar-refractivity contribution in [2.45, 2.75) is 34.3 Å². The summed E-state index contributed by atoms with van der Waals surface area (Å²) in [6, 6.07) is 5.50. The van der Waals surface area contributed by atoms with Crippen LogP contribution < -0.4 is 4.74 Å². The fraction of sp³-hybridized carbons (Fsp3) is 0.333. The zero-order chi connectivity index (χ0) is 14.0. The third-order valence-corrected chi connectivity index (χ3v) is 4.05. The normalized spacial score (nSPS) is 10.5. The van der Waals surface area contributed by atoms with E-state index in [1.54, 1.807) is 24.3 Å². The van der Waals surface area contributed by atoms with Gasteiger partial charge in [-0.2, -0.15) is 0 Å². The van der Waals surface area contributed by atoms with Crippen LogP contribution in [0, 0.1) is 20.8 Å². The Kier molecular flexibility index (Phi) is 4.00. The molecule has 0 aliphatic heterocycles. The summed E-state index contributed by atoms with van der Waals surface area (Å²) in [6.07, 6.45) is 0. The van der Waals surface area contributed by atoms with Crippen LogP contribution in [0.25, 0.3) is 0 Å². The molecule has 0 saturated carbocycles. The van der Waals surface area contributed by atoms with Crippen molar-refractivity contribution in [3.8, 4) is 5.75 Å². The summed E-state index contributed by atoms with van der Waals surface area (Å²) in [7, 11) is 0. The van der Waals surface area contributed by atoms with Gasteiger partial charge in [-0.15, -0.1) is 11.3 Å². The molecule has 100 valence electrons. The second-order valence-electron chi connectivity index (χ2n) is 4.57. The highest BCUT2D eigenvalue weighted by atomic mass is 32.1. The molecule has 0 bridgehead atoms. The highest BCUT2D eigenvalue weighted by Gasteiger charge is 2.07. The van der Waals surface area contributed by atoms with E-state index in [1.165, 1.54) is 4.88 Å². The van der Waals surface area contributed by atoms with Gasteiger partial charge >= 0.3 is 0 Å². The minimum absolute atomic E-state index is 0.0702. The number of thiazole rings is 1. The number of aryl methyl sites for hydroxylation is 3. The molecule has 0 unspecified atom stereocenters. The van der Waals surface area contributed by atoms with E-state index in [9.17, 15) is 4.79 Å². The van der Waals surface area contributed by atoms with Crippen LogP contribution in [0.5, 0.6) is 5.75 Å². The van der Waals surface area contributed by atoms with E-state index < -0.39 is 0 Å². The maximum Gasteiger partial charge on any atom is 0.159 e. The average molecular weight is 275 g/mol. The number of Topliss-reactive ketones (excluding diaryl/α,β-unsaturated/α-hetero) is 1. The lowest BCUT2D eigenvalue weighted by Crippen LogP contribution is -1.99. The fourth-order valence-corrected chi connectivity index (χ4v) is 2.62. The topological polar surface area (TPSA) is 39.2 Å². The highest BCUT2D eigenvalue weighted by molar-refractivity contribution is 7.11. The number of aromatic nitrogens is 1. The predicted octanol–water partition coefficient (Wildman–Crippen LogP) is 3.85. The summed E-state index contributed by atoms with van der Waals surface area (Å²) < 4.78 is 5.76. The van der Waals surface area contributed by atoms with Gasteiger partial charge in [0, 0.05) is 10.4 Å². The van der Waals surface area contributed by atoms with Gasteiger partial charge in [-0.05, 0) is 51.5 Å². The summed E-state index contributed by atoms with van der Waals surface area (Å²) in [6.45, 7) is 8.04. The minimum atomic E-state index is 0.0702. The first-order chi connectivity index (χ1) is 8.97. The van der Waals surface area contributed by atoms with Gasteiger partial charge in [0.2, 0.25) is 0 Å². The maximum absolute atomic E-state index is 11.3. The van der Waals surface area contributed by atoms with Crippen LogP contribution in [0.1, 0.15) is 38.4 Å². The number of ether oxygens (including phenoxy) is 1. The van der Waals surface area contributed by atoms with Gasteiger partial charge in [0.05, 0.1) is 5.69 Å². The Hall–Kier alpha value is -1.68. The number of nitrogens with zero attached hydrogens (tertiary/aromatic N) is 1. The van der Waals surface area contributed by atoms with Crippen LogP contribution in [0.15, 0.2) is 18.2 Å². The summed E-state index contributed by atoms with van der Waals surface area (Å²) >= 11 is 1.66. The number of hydrogen-bond acceptors (Lipinski definition) is 4. The lowest BCUT2D eigenvalue weighted by molar-refractivity contribution is 0.101. The van der Waals surface area contributed by atoms with E-state index >= 15 is 0 Å². The molecule has 1 aromatic carbocycles. The number of benzene rings is 1. The van der Waals surface area contributed by atoms with Crippen LogP contribution >= 0.6 is 11.3 Å². The van der Waals surface area contributed by atoms with E-state index in [0.717, 1.165) is 22.0 Å². The van der Waals surface area contributed by atoms with Gasteiger partial charge < -0.3 is 4.74 Å². The first-order valence-electron chi connectivity index (χ1n) is 6.14. The van der Waals surface area contributed by atoms with E-state index in [2.05, 4.69) is 11.9 Å². The minimum Gasteiger partial charge on any atom is -0.486 e. The quantitative estimate of drug-likeness (QED) is 0.796. The van der Waals surface area contributed by atoms with Gasteiger partial charge in [0.25, 0.3) is 0 Å². The van der Waals surface area contributed by atoms with Gasteiger partial charge in [-0.25, -0.2) is 4.98 Å². The van der Waals surface area contributed by atoms with Crippen LogP contribution in [-0.4, -0.2) is 10.8 Å². The molecular formula is C15H17NO2S. The summed E-state index contributed by atoms with van der Waals surface area (Å²) in [5.74, 6) is 0.872. The summed E-state index contributed by atoms with van der Waals surface area (Å²) in [5, 5.41) is 0.977. The molecular weight excluding hydrogens is 258 g/mol. The lowest BCUT2D eigenvalue weighted by Gasteiger charge is -2.08. The van der Waals surface area contributed by atoms with E-state index in [-0.39, 0.29) is 5.78 Å². The molecule has 2 rings (SSSR count). The molecule has 0 radical (unpaired) electrons. The molecule has 2 aromatic rings. The van der Waals surface area contributed by atoms with Gasteiger partial charge in [-0.3, -0.25) is 4.79 Å². The number of ketones is 1. The third-order valence-electron chi connectivity index (χ3n) is 3.01. The van der Waals surface area contributed by atoms with Gasteiger partial charge in [0.1, 0.15) is 17.4 Å². The first kappa shape index (κ1) is 13.7. The predicted molar refractivity (Wildman–Crippen MR) is 77.1 cm³/mol. The smallest absolute Gasteiger partial charge is 0.159 e. The SMILES string of the molecule is CC(=O)c1ccc(OCc2nc(C)c(C)s2)c(C)c1. The zero-order valence-electron chi connectivity index (χ0n) is 11.6. The third kappa shape index (κ3) is 3.20. The molecule has 0 fully saturated rings. The number of hydrogen-bond donors (Lipinski definition) is 0. The van der Waals surface area contributed by atoms with Crippen molar-refractivity contribution in [2.75, 3.05) is 0 Å². The summed E-state index contributed by atoms with van der Waals surface area (Å²) in [5.41, 5.74) is 2.75. The van der Waals surface area contributed by atoms with E-state index in [1.807, 2.05) is 26.0 Å². The van der Waals surface area contributed by atoms with Crippen molar-refractivity contribution in [3.05, 3.63) is 44.9 Å². The molecule has 3 nitrogen and oxygen atoms in total. The van der Waals surface area contributed by atoms with Crippen molar-refractivity contribution >= 4 is 17.1 Å². The molecule has 0 aliphatic carbocycles. The standard InChI is InChI=1S/C15H17NO2S/c1-9-7-13(11(3)17)5-6-14(9)18-8-15-16-10(2)12(4)19-15/h5-7H,8H2,1-4H3. The Morgan fingerprint density at radius 3 is 2.58 bits per heavy atom. The number of carbonyl (C=O) groups is 1. The van der Waals surface area contributed by atoms with Gasteiger partial charge in [-0.1, -0.05) is 0 Å². The second-order valence-corrected chi connectivity index (χ2v) is 5.86. The van der Waals surface area contributed by atoms with E-state index in [4.69, 9.17) is 4.74 Å². The molecule has 0 spiro atoms. The van der Waals surface area contributed by atoms with Crippen molar-refractivity contribution in [1.29, 1.82) is 0 Å². The van der Waals surface area contributed by atoms with E-state index in [0.29, 0.717) is 12.2 Å². The highest BCUT2D eigenvalue weighted by Crippen LogP contribution is 2.22. The summed E-state index contributed by atoms with van der Waals surface area (Å²) in [4.78, 5) is 16.9. The zero-order valence-corrected chi connectivity index (χ0v) is 12.4. The van der Waals surface area contributed by atoms with Crippen LogP contribution in [-0.2, 0) is 6.61 Å².